The average Bonchev–Trinajstić information content (AvgIpc) is 3.35. The van der Waals surface area contributed by atoms with E-state index in [1.54, 1.807) is 0 Å². The van der Waals surface area contributed by atoms with Gasteiger partial charge in [-0.1, -0.05) is 13.8 Å². The van der Waals surface area contributed by atoms with Crippen LogP contribution in [0.1, 0.15) is 67.3 Å². The summed E-state index contributed by atoms with van der Waals surface area (Å²) in [6, 6.07) is 0. The quantitative estimate of drug-likeness (QED) is 0.711. The Hall–Kier alpha value is -1.40. The fourth-order valence-electron chi connectivity index (χ4n) is 5.19. The molecule has 0 aliphatic heterocycles. The first-order valence-corrected chi connectivity index (χ1v) is 10.8. The van der Waals surface area contributed by atoms with E-state index in [1.165, 1.54) is 22.7 Å². The summed E-state index contributed by atoms with van der Waals surface area (Å²) >= 11 is 2.70. The number of aryl methyl sites for hydroxylation is 2. The molecule has 2 aromatic heterocycles. The fourth-order valence-corrected chi connectivity index (χ4v) is 7.87. The molecular weight excluding hydrogens is 374 g/mol. The van der Waals surface area contributed by atoms with E-state index in [1.807, 2.05) is 24.6 Å². The van der Waals surface area contributed by atoms with Crippen LogP contribution in [0.25, 0.3) is 0 Å². The summed E-state index contributed by atoms with van der Waals surface area (Å²) in [6.45, 7) is 3.89. The highest BCUT2D eigenvalue weighted by Gasteiger charge is 2.64. The summed E-state index contributed by atoms with van der Waals surface area (Å²) in [5.74, 6) is -4.09. The molecule has 1 fully saturated rings. The molecule has 2 aromatic rings. The predicted octanol–water partition coefficient (Wildman–Crippen LogP) is 5.12. The Morgan fingerprint density at radius 2 is 1.15 bits per heavy atom. The van der Waals surface area contributed by atoms with Crippen LogP contribution in [-0.4, -0.2) is 23.9 Å². The van der Waals surface area contributed by atoms with Gasteiger partial charge in [0.1, 0.15) is 12.3 Å². The van der Waals surface area contributed by atoms with Crippen LogP contribution in [0.2, 0.25) is 0 Å². The van der Waals surface area contributed by atoms with Gasteiger partial charge in [0, 0.05) is 32.7 Å². The molecule has 0 N–H and O–H groups in total. The number of fused-ring (bicyclic) bond motifs is 6. The van der Waals surface area contributed by atoms with Crippen LogP contribution in [0.4, 0.5) is 8.78 Å². The zero-order chi connectivity index (χ0) is 18.3. The number of alkyl halides is 2. The lowest BCUT2D eigenvalue weighted by Gasteiger charge is -2.39. The van der Waals surface area contributed by atoms with Crippen molar-refractivity contribution < 1.29 is 18.4 Å². The molecule has 6 unspecified atom stereocenters. The Kier molecular flexibility index (Phi) is 3.58. The lowest BCUT2D eigenvalue weighted by atomic mass is 9.67. The zero-order valence-electron chi connectivity index (χ0n) is 14.4. The van der Waals surface area contributed by atoms with E-state index < -0.39 is 36.0 Å². The van der Waals surface area contributed by atoms with Crippen LogP contribution >= 0.6 is 22.7 Å². The molecule has 0 radical (unpaired) electrons. The number of hydrogen-bond donors (Lipinski definition) is 0. The molecular formula is C20H18F2O2S2. The van der Waals surface area contributed by atoms with Crippen molar-refractivity contribution in [1.29, 1.82) is 0 Å². The minimum absolute atomic E-state index is 0.259. The van der Waals surface area contributed by atoms with Gasteiger partial charge in [0.25, 0.3) is 0 Å². The van der Waals surface area contributed by atoms with E-state index in [0.29, 0.717) is 33.7 Å². The normalized spacial score (nSPS) is 34.6. The summed E-state index contributed by atoms with van der Waals surface area (Å²) in [5.41, 5.74) is 2.83. The number of thiophene rings is 2. The van der Waals surface area contributed by atoms with Crippen molar-refractivity contribution in [2.24, 2.45) is 11.8 Å². The smallest absolute Gasteiger partial charge is 0.171 e. The maximum Gasteiger partial charge on any atom is 0.171 e. The molecule has 3 aliphatic carbocycles. The highest BCUT2D eigenvalue weighted by atomic mass is 32.1. The summed E-state index contributed by atoms with van der Waals surface area (Å²) < 4.78 is 31.3. The third kappa shape index (κ3) is 1.80. The zero-order valence-corrected chi connectivity index (χ0v) is 16.1. The predicted molar refractivity (Wildman–Crippen MR) is 98.3 cm³/mol. The summed E-state index contributed by atoms with van der Waals surface area (Å²) in [4.78, 5) is 27.3. The lowest BCUT2D eigenvalue weighted by molar-refractivity contribution is 0.0241. The van der Waals surface area contributed by atoms with Gasteiger partial charge in [-0.15, -0.1) is 22.7 Å². The second-order valence-electron chi connectivity index (χ2n) is 7.43. The molecule has 6 heteroatoms. The monoisotopic (exact) mass is 392 g/mol. The van der Waals surface area contributed by atoms with Crippen molar-refractivity contribution in [3.8, 4) is 0 Å². The van der Waals surface area contributed by atoms with E-state index in [0.717, 1.165) is 11.1 Å². The first-order valence-electron chi connectivity index (χ1n) is 9.08. The van der Waals surface area contributed by atoms with Crippen LogP contribution in [0.3, 0.4) is 0 Å². The summed E-state index contributed by atoms with van der Waals surface area (Å²) in [5, 5.41) is 3.76. The average molecular weight is 392 g/mol. The first-order chi connectivity index (χ1) is 12.5. The van der Waals surface area contributed by atoms with Crippen molar-refractivity contribution in [2.75, 3.05) is 0 Å². The number of Topliss-reactive ketones (excluding diaryl/α,β-unsaturated/α-hetero) is 2. The fraction of sp³-hybridized carbons (Fsp3) is 0.500. The van der Waals surface area contributed by atoms with Crippen molar-refractivity contribution in [3.63, 3.8) is 0 Å². The standard InChI is InChI=1S/C20H18F2O2S2/c1-3-7-5-25-19-9(7)17(23)11-13(19)16(22)12-14(15(11)21)20-10(18(12)24)8(4-2)6-26-20/h5-6,11-16H,3-4H2,1-2H3. The van der Waals surface area contributed by atoms with E-state index in [4.69, 9.17) is 0 Å². The molecule has 0 bridgehead atoms. The second-order valence-corrected chi connectivity index (χ2v) is 9.25. The Morgan fingerprint density at radius 1 is 0.769 bits per heavy atom. The highest BCUT2D eigenvalue weighted by molar-refractivity contribution is 7.11. The molecule has 0 aromatic carbocycles. The third-order valence-corrected chi connectivity index (χ3v) is 8.67. The molecule has 6 atom stereocenters. The van der Waals surface area contributed by atoms with Gasteiger partial charge in [-0.05, 0) is 34.7 Å². The van der Waals surface area contributed by atoms with Gasteiger partial charge in [-0.2, -0.15) is 0 Å². The SMILES string of the molecule is CCc1csc2c1C(=O)C1C(F)C3c4scc(CC)c4C(=O)C3C(F)C21. The van der Waals surface area contributed by atoms with Crippen molar-refractivity contribution in [1.82, 2.24) is 0 Å². The topological polar surface area (TPSA) is 34.1 Å². The van der Waals surface area contributed by atoms with Gasteiger partial charge < -0.3 is 0 Å². The van der Waals surface area contributed by atoms with Crippen molar-refractivity contribution >= 4 is 34.2 Å². The molecule has 2 nitrogen and oxygen atoms in total. The summed E-state index contributed by atoms with van der Waals surface area (Å²) in [6.07, 6.45) is -1.65. The lowest BCUT2D eigenvalue weighted by Crippen LogP contribution is -2.46. The van der Waals surface area contributed by atoms with E-state index in [2.05, 4.69) is 0 Å². The van der Waals surface area contributed by atoms with Crippen LogP contribution in [0.5, 0.6) is 0 Å². The molecule has 26 heavy (non-hydrogen) atoms. The van der Waals surface area contributed by atoms with Crippen LogP contribution in [0.15, 0.2) is 10.8 Å². The van der Waals surface area contributed by atoms with Crippen LogP contribution in [-0.2, 0) is 12.8 Å². The molecule has 0 spiro atoms. The van der Waals surface area contributed by atoms with Gasteiger partial charge in [-0.25, -0.2) is 8.78 Å². The molecule has 1 saturated carbocycles. The molecule has 0 saturated heterocycles. The van der Waals surface area contributed by atoms with Crippen LogP contribution in [0, 0.1) is 11.8 Å². The van der Waals surface area contributed by atoms with E-state index >= 15 is 8.78 Å². The van der Waals surface area contributed by atoms with Gasteiger partial charge in [0.15, 0.2) is 11.6 Å². The van der Waals surface area contributed by atoms with Crippen molar-refractivity contribution in [2.45, 2.75) is 50.9 Å². The number of carbonyl (C=O) groups excluding carboxylic acids is 2. The highest BCUT2D eigenvalue weighted by Crippen LogP contribution is 2.61. The number of hydrogen-bond acceptors (Lipinski definition) is 4. The number of ketones is 2. The Balaban J connectivity index is 1.66. The number of carbonyl (C=O) groups is 2. The van der Waals surface area contributed by atoms with Gasteiger partial charge >= 0.3 is 0 Å². The van der Waals surface area contributed by atoms with Gasteiger partial charge in [-0.3, -0.25) is 9.59 Å². The minimum atomic E-state index is -1.50. The third-order valence-electron chi connectivity index (χ3n) is 6.40. The maximum atomic E-state index is 15.6. The Bertz CT molecular complexity index is 868. The summed E-state index contributed by atoms with van der Waals surface area (Å²) in [7, 11) is 0. The first kappa shape index (κ1) is 16.8. The van der Waals surface area contributed by atoms with E-state index in [9.17, 15) is 9.59 Å². The Morgan fingerprint density at radius 3 is 1.50 bits per heavy atom. The Labute approximate surface area is 158 Å². The molecule has 3 aliphatic rings. The number of rotatable bonds is 2. The number of halogens is 2. The molecule has 2 heterocycles. The van der Waals surface area contributed by atoms with Gasteiger partial charge in [0.2, 0.25) is 0 Å². The maximum absolute atomic E-state index is 15.6. The largest absolute Gasteiger partial charge is 0.294 e. The molecule has 5 rings (SSSR count). The van der Waals surface area contributed by atoms with Gasteiger partial charge in [0.05, 0.1) is 11.8 Å². The van der Waals surface area contributed by atoms with Crippen molar-refractivity contribution in [3.05, 3.63) is 42.8 Å². The van der Waals surface area contributed by atoms with E-state index in [-0.39, 0.29) is 11.6 Å². The second kappa shape index (κ2) is 5.55. The molecule has 0 amide bonds. The molecule has 136 valence electrons. The minimum Gasteiger partial charge on any atom is -0.294 e. The van der Waals surface area contributed by atoms with Crippen LogP contribution < -0.4 is 0 Å².